The molecule has 0 bridgehead atoms. The molecule has 0 spiro atoms. The summed E-state index contributed by atoms with van der Waals surface area (Å²) in [7, 11) is 4.04. The van der Waals surface area contributed by atoms with Crippen molar-refractivity contribution in [1.82, 2.24) is 9.80 Å². The number of nitrogens with zero attached hydrogens (tertiary/aromatic N) is 2. The largest absolute Gasteiger partial charge is 0.481 e. The van der Waals surface area contributed by atoms with Gasteiger partial charge in [0.25, 0.3) is 0 Å². The van der Waals surface area contributed by atoms with Crippen LogP contribution in [-0.4, -0.2) is 72.2 Å². The Morgan fingerprint density at radius 2 is 0.510 bits per heavy atom. The second kappa shape index (κ2) is 47.4. The van der Waals surface area contributed by atoms with Crippen molar-refractivity contribution < 1.29 is 36.9 Å². The van der Waals surface area contributed by atoms with Crippen molar-refractivity contribution in [2.75, 3.05) is 40.3 Å². The summed E-state index contributed by atoms with van der Waals surface area (Å²) < 4.78 is 0. The quantitative estimate of drug-likeness (QED) is 0.0477. The van der Waals surface area contributed by atoms with Crippen molar-refractivity contribution in [3.8, 4) is 0 Å². The van der Waals surface area contributed by atoms with Gasteiger partial charge in [-0.3, -0.25) is 9.59 Å². The van der Waals surface area contributed by atoms with Crippen molar-refractivity contribution in [2.24, 2.45) is 0 Å². The Morgan fingerprint density at radius 1 is 0.333 bits per heavy atom. The van der Waals surface area contributed by atoms with E-state index in [4.69, 9.17) is 10.2 Å². The van der Waals surface area contributed by atoms with Gasteiger partial charge in [-0.25, -0.2) is 0 Å². The number of rotatable bonds is 40. The van der Waals surface area contributed by atoms with E-state index >= 15 is 0 Å². The van der Waals surface area contributed by atoms with E-state index in [2.05, 4.69) is 23.6 Å². The maximum absolute atomic E-state index is 10.5. The predicted octanol–water partition coefficient (Wildman–Crippen LogP) is 13.3. The normalized spacial score (nSPS) is 11.1. The molecule has 6 nitrogen and oxygen atoms in total. The molecule has 0 saturated carbocycles. The number of hydrogen-bond donors (Lipinski definition) is 2. The molecule has 311 valence electrons. The molecule has 1 radical (unpaired) electrons. The van der Waals surface area contributed by atoms with Crippen molar-refractivity contribution >= 4 is 11.9 Å². The SMILES string of the molecule is CCCCCCCCCCCCCCCCCCN(C)CCC(=O)O.CCCCCCCCCCCCCCCCCCN(C)CCC(=O)O.[Cu]. The van der Waals surface area contributed by atoms with Gasteiger partial charge in [-0.05, 0) is 40.0 Å². The zero-order valence-corrected chi connectivity index (χ0v) is 35.7. The molecule has 0 saturated heterocycles. The monoisotopic (exact) mass is 774 g/mol. The summed E-state index contributed by atoms with van der Waals surface area (Å²) >= 11 is 0. The van der Waals surface area contributed by atoms with E-state index in [-0.39, 0.29) is 29.9 Å². The molecular weight excluding hydrogens is 684 g/mol. The summed E-state index contributed by atoms with van der Waals surface area (Å²) in [6.07, 6.45) is 45.1. The molecular formula is C44H90CuN2O4. The van der Waals surface area contributed by atoms with E-state index in [0.29, 0.717) is 13.1 Å². The third kappa shape index (κ3) is 53.8. The second-order valence-electron chi connectivity index (χ2n) is 15.5. The van der Waals surface area contributed by atoms with Crippen LogP contribution in [0.3, 0.4) is 0 Å². The Morgan fingerprint density at radius 3 is 0.686 bits per heavy atom. The van der Waals surface area contributed by atoms with Gasteiger partial charge in [0.1, 0.15) is 0 Å². The topological polar surface area (TPSA) is 81.1 Å². The van der Waals surface area contributed by atoms with Crippen molar-refractivity contribution in [3.05, 3.63) is 0 Å². The first-order chi connectivity index (χ1) is 24.3. The minimum atomic E-state index is -0.696. The summed E-state index contributed by atoms with van der Waals surface area (Å²) in [6, 6.07) is 0. The van der Waals surface area contributed by atoms with Gasteiger partial charge in [-0.15, -0.1) is 0 Å². The number of carbonyl (C=O) groups is 2. The van der Waals surface area contributed by atoms with Crippen LogP contribution in [0.1, 0.15) is 232 Å². The van der Waals surface area contributed by atoms with Crippen molar-refractivity contribution in [3.63, 3.8) is 0 Å². The zero-order valence-electron chi connectivity index (χ0n) is 34.8. The zero-order chi connectivity index (χ0) is 37.2. The molecule has 0 aliphatic rings. The molecule has 0 heterocycles. The first kappa shape index (κ1) is 54.7. The summed E-state index contributed by atoms with van der Waals surface area (Å²) in [4.78, 5) is 25.3. The summed E-state index contributed by atoms with van der Waals surface area (Å²) in [6.45, 7) is 7.98. The van der Waals surface area contributed by atoms with E-state index in [1.807, 2.05) is 14.1 Å². The van der Waals surface area contributed by atoms with Crippen LogP contribution in [0, 0.1) is 0 Å². The third-order valence-corrected chi connectivity index (χ3v) is 10.2. The molecule has 0 aliphatic carbocycles. The molecule has 0 aromatic carbocycles. The molecule has 0 aromatic rings. The number of aliphatic carboxylic acids is 2. The fraction of sp³-hybridized carbons (Fsp3) is 0.955. The number of unbranched alkanes of at least 4 members (excludes halogenated alkanes) is 30. The average molecular weight is 775 g/mol. The average Bonchev–Trinajstić information content (AvgIpc) is 3.09. The van der Waals surface area contributed by atoms with Crippen LogP contribution in [0.25, 0.3) is 0 Å². The Balaban J connectivity index is -0.000000886. The van der Waals surface area contributed by atoms with Gasteiger partial charge in [-0.1, -0.05) is 206 Å². The third-order valence-electron chi connectivity index (χ3n) is 10.2. The molecule has 0 fully saturated rings. The van der Waals surface area contributed by atoms with Gasteiger partial charge in [-0.2, -0.15) is 0 Å². The first-order valence-corrected chi connectivity index (χ1v) is 22.1. The van der Waals surface area contributed by atoms with Crippen LogP contribution in [-0.2, 0) is 26.7 Å². The van der Waals surface area contributed by atoms with E-state index in [1.54, 1.807) is 0 Å². The molecule has 0 amide bonds. The standard InChI is InChI=1S/2C22H45NO2.Cu/c2*1-3-4-5-6-7-8-9-10-11-12-13-14-15-16-17-18-20-23(2)21-19-22(24)25;/h2*3-21H2,1-2H3,(H,24,25);. The summed E-state index contributed by atoms with van der Waals surface area (Å²) in [5.41, 5.74) is 0. The van der Waals surface area contributed by atoms with Crippen LogP contribution >= 0.6 is 0 Å². The smallest absolute Gasteiger partial charge is 0.304 e. The molecule has 51 heavy (non-hydrogen) atoms. The van der Waals surface area contributed by atoms with E-state index in [9.17, 15) is 9.59 Å². The molecule has 2 N–H and O–H groups in total. The maximum atomic E-state index is 10.5. The molecule has 0 atom stereocenters. The van der Waals surface area contributed by atoms with E-state index in [1.165, 1.54) is 205 Å². The molecule has 0 unspecified atom stereocenters. The molecule has 7 heteroatoms. The fourth-order valence-electron chi connectivity index (χ4n) is 6.66. The van der Waals surface area contributed by atoms with Gasteiger partial charge in [0, 0.05) is 30.2 Å². The van der Waals surface area contributed by atoms with Gasteiger partial charge >= 0.3 is 11.9 Å². The molecule has 0 aliphatic heterocycles. The number of carboxylic acid groups (broad SMARTS) is 2. The van der Waals surface area contributed by atoms with E-state index < -0.39 is 11.9 Å². The van der Waals surface area contributed by atoms with Gasteiger partial charge in [0.2, 0.25) is 0 Å². The fourth-order valence-corrected chi connectivity index (χ4v) is 6.66. The number of carboxylic acids is 2. The van der Waals surface area contributed by atoms with Crippen LogP contribution < -0.4 is 0 Å². The summed E-state index contributed by atoms with van der Waals surface area (Å²) in [5, 5.41) is 17.3. The minimum Gasteiger partial charge on any atom is -0.481 e. The minimum absolute atomic E-state index is 0. The van der Waals surface area contributed by atoms with Crippen molar-refractivity contribution in [2.45, 2.75) is 232 Å². The van der Waals surface area contributed by atoms with Crippen LogP contribution in [0.2, 0.25) is 0 Å². The van der Waals surface area contributed by atoms with Gasteiger partial charge in [0.15, 0.2) is 0 Å². The van der Waals surface area contributed by atoms with Crippen LogP contribution in [0.15, 0.2) is 0 Å². The predicted molar refractivity (Wildman–Crippen MR) is 219 cm³/mol. The van der Waals surface area contributed by atoms with Gasteiger partial charge in [0.05, 0.1) is 12.8 Å². The molecule has 0 aromatic heterocycles. The Bertz CT molecular complexity index is 626. The Kier molecular flexibility index (Phi) is 50.9. The van der Waals surface area contributed by atoms with E-state index in [0.717, 1.165) is 13.1 Å². The van der Waals surface area contributed by atoms with Gasteiger partial charge < -0.3 is 20.0 Å². The summed E-state index contributed by atoms with van der Waals surface area (Å²) in [5.74, 6) is -1.39. The van der Waals surface area contributed by atoms with Crippen LogP contribution in [0.5, 0.6) is 0 Å². The second-order valence-corrected chi connectivity index (χ2v) is 15.5. The maximum Gasteiger partial charge on any atom is 0.304 e. The Labute approximate surface area is 329 Å². The first-order valence-electron chi connectivity index (χ1n) is 22.1. The number of hydrogen-bond acceptors (Lipinski definition) is 4. The van der Waals surface area contributed by atoms with Crippen molar-refractivity contribution in [1.29, 1.82) is 0 Å². The molecule has 0 rings (SSSR count). The Hall–Kier alpha value is -0.621. The van der Waals surface area contributed by atoms with Crippen LogP contribution in [0.4, 0.5) is 0 Å².